The molecule has 136 valence electrons. The van der Waals surface area contributed by atoms with Gasteiger partial charge in [-0.1, -0.05) is 13.0 Å². The lowest BCUT2D eigenvalue weighted by atomic mass is 10.0. The van der Waals surface area contributed by atoms with Gasteiger partial charge in [0.2, 0.25) is 0 Å². The Balaban J connectivity index is 2.16. The Morgan fingerprint density at radius 2 is 2.04 bits per heavy atom. The topological polar surface area (TPSA) is 45.2 Å². The lowest BCUT2D eigenvalue weighted by Gasteiger charge is -2.43. The molecule has 5 nitrogen and oxygen atoms in total. The summed E-state index contributed by atoms with van der Waals surface area (Å²) in [5.41, 5.74) is 1.08. The van der Waals surface area contributed by atoms with Gasteiger partial charge < -0.3 is 19.5 Å². The molecule has 0 radical (unpaired) electrons. The highest BCUT2D eigenvalue weighted by Crippen LogP contribution is 2.33. The van der Waals surface area contributed by atoms with Crippen molar-refractivity contribution in [3.05, 3.63) is 23.8 Å². The van der Waals surface area contributed by atoms with Gasteiger partial charge in [-0.25, -0.2) is 0 Å². The molecule has 24 heavy (non-hydrogen) atoms. The van der Waals surface area contributed by atoms with Gasteiger partial charge >= 0.3 is 0 Å². The maximum Gasteiger partial charge on any atom is 0.161 e. The van der Waals surface area contributed by atoms with Crippen LogP contribution in [0, 0.1) is 0 Å². The quantitative estimate of drug-likeness (QED) is 0.790. The number of piperazine rings is 1. The Bertz CT molecular complexity index is 509. The average molecular weight is 336 g/mol. The van der Waals surface area contributed by atoms with Crippen LogP contribution in [-0.4, -0.2) is 67.5 Å². The molecule has 1 fully saturated rings. The minimum absolute atomic E-state index is 0.00615. The Labute approximate surface area is 146 Å². The molecule has 1 N–H and O–H groups in total. The predicted molar refractivity (Wildman–Crippen MR) is 96.9 cm³/mol. The average Bonchev–Trinajstić information content (AvgIpc) is 2.59. The van der Waals surface area contributed by atoms with Crippen LogP contribution in [0.15, 0.2) is 18.2 Å². The number of aliphatic hydroxyl groups is 1. The van der Waals surface area contributed by atoms with Gasteiger partial charge in [-0.3, -0.25) is 4.90 Å². The largest absolute Gasteiger partial charge is 0.493 e. The maximum atomic E-state index is 10.0. The van der Waals surface area contributed by atoms with Crippen LogP contribution in [0.4, 0.5) is 0 Å². The molecule has 1 heterocycles. The van der Waals surface area contributed by atoms with Gasteiger partial charge in [0.05, 0.1) is 26.4 Å². The zero-order valence-electron chi connectivity index (χ0n) is 15.5. The fourth-order valence-corrected chi connectivity index (χ4v) is 3.60. The molecule has 1 aliphatic rings. The predicted octanol–water partition coefficient (Wildman–Crippen LogP) is 2.54. The highest BCUT2D eigenvalue weighted by molar-refractivity contribution is 5.44. The number of methoxy groups -OCH3 is 1. The van der Waals surface area contributed by atoms with Crippen LogP contribution in [0.1, 0.15) is 38.8 Å². The minimum Gasteiger partial charge on any atom is -0.493 e. The number of hydrogen-bond acceptors (Lipinski definition) is 5. The molecule has 0 aromatic heterocycles. The van der Waals surface area contributed by atoms with Crippen LogP contribution in [0.25, 0.3) is 0 Å². The normalized spacial score (nSPS) is 20.8. The van der Waals surface area contributed by atoms with E-state index in [1.807, 2.05) is 25.1 Å². The Morgan fingerprint density at radius 3 is 2.62 bits per heavy atom. The van der Waals surface area contributed by atoms with Crippen molar-refractivity contribution < 1.29 is 14.6 Å². The standard InChI is InChI=1S/C19H32N2O3/c1-5-9-20-10-11-21(15(3)13-20)17(14-22)16-7-8-18(24-6-2)19(12-16)23-4/h7-8,12,15,17,22H,5-6,9-11,13-14H2,1-4H3. The summed E-state index contributed by atoms with van der Waals surface area (Å²) in [6.07, 6.45) is 1.19. The SMILES string of the molecule is CCCN1CCN(C(CO)c2ccc(OCC)c(OC)c2)C(C)C1. The van der Waals surface area contributed by atoms with E-state index in [1.165, 1.54) is 6.42 Å². The molecule has 1 aromatic carbocycles. The van der Waals surface area contributed by atoms with Crippen LogP contribution in [0.5, 0.6) is 11.5 Å². The van der Waals surface area contributed by atoms with Crippen LogP contribution >= 0.6 is 0 Å². The smallest absolute Gasteiger partial charge is 0.161 e. The molecule has 1 saturated heterocycles. The summed E-state index contributed by atoms with van der Waals surface area (Å²) in [4.78, 5) is 4.91. The van der Waals surface area contributed by atoms with Gasteiger partial charge in [0.15, 0.2) is 11.5 Å². The fourth-order valence-electron chi connectivity index (χ4n) is 3.60. The van der Waals surface area contributed by atoms with Gasteiger partial charge in [-0.15, -0.1) is 0 Å². The van der Waals surface area contributed by atoms with Crippen molar-refractivity contribution in [1.82, 2.24) is 9.80 Å². The summed E-state index contributed by atoms with van der Waals surface area (Å²) in [6.45, 7) is 11.4. The lowest BCUT2D eigenvalue weighted by Crippen LogP contribution is -2.53. The van der Waals surface area contributed by atoms with E-state index in [4.69, 9.17) is 9.47 Å². The molecular formula is C19H32N2O3. The van der Waals surface area contributed by atoms with Gasteiger partial charge in [-0.05, 0) is 44.5 Å². The number of hydrogen-bond donors (Lipinski definition) is 1. The molecule has 1 aliphatic heterocycles. The number of aliphatic hydroxyl groups excluding tert-OH is 1. The van der Waals surface area contributed by atoms with Crippen molar-refractivity contribution in [2.75, 3.05) is 46.5 Å². The second-order valence-corrected chi connectivity index (χ2v) is 6.43. The van der Waals surface area contributed by atoms with E-state index in [2.05, 4.69) is 23.6 Å². The van der Waals surface area contributed by atoms with Crippen LogP contribution < -0.4 is 9.47 Å². The molecule has 2 atom stereocenters. The number of ether oxygens (including phenoxy) is 2. The lowest BCUT2D eigenvalue weighted by molar-refractivity contribution is 0.0252. The first-order valence-corrected chi connectivity index (χ1v) is 9.04. The molecule has 0 bridgehead atoms. The van der Waals surface area contributed by atoms with Crippen LogP contribution in [-0.2, 0) is 0 Å². The second-order valence-electron chi connectivity index (χ2n) is 6.43. The van der Waals surface area contributed by atoms with Gasteiger partial charge in [0, 0.05) is 25.7 Å². The summed E-state index contributed by atoms with van der Waals surface area (Å²) >= 11 is 0. The molecule has 0 spiro atoms. The molecule has 2 rings (SSSR count). The van der Waals surface area contributed by atoms with Gasteiger partial charge in [0.25, 0.3) is 0 Å². The van der Waals surface area contributed by atoms with Crippen molar-refractivity contribution in [1.29, 1.82) is 0 Å². The van der Waals surface area contributed by atoms with E-state index in [-0.39, 0.29) is 12.6 Å². The number of rotatable bonds is 8. The first-order valence-electron chi connectivity index (χ1n) is 9.04. The molecule has 5 heteroatoms. The highest BCUT2D eigenvalue weighted by atomic mass is 16.5. The third kappa shape index (κ3) is 4.41. The molecular weight excluding hydrogens is 304 g/mol. The van der Waals surface area contributed by atoms with E-state index in [1.54, 1.807) is 7.11 Å². The molecule has 2 unspecified atom stereocenters. The van der Waals surface area contributed by atoms with Crippen molar-refractivity contribution in [3.8, 4) is 11.5 Å². The third-order valence-corrected chi connectivity index (χ3v) is 4.75. The highest BCUT2D eigenvalue weighted by Gasteiger charge is 2.30. The van der Waals surface area contributed by atoms with E-state index >= 15 is 0 Å². The summed E-state index contributed by atoms with van der Waals surface area (Å²) < 4.78 is 11.1. The first-order chi connectivity index (χ1) is 11.6. The monoisotopic (exact) mass is 336 g/mol. The van der Waals surface area contributed by atoms with Crippen molar-refractivity contribution in [2.24, 2.45) is 0 Å². The van der Waals surface area contributed by atoms with Crippen molar-refractivity contribution >= 4 is 0 Å². The third-order valence-electron chi connectivity index (χ3n) is 4.75. The fraction of sp³-hybridized carbons (Fsp3) is 0.684. The van der Waals surface area contributed by atoms with E-state index in [9.17, 15) is 5.11 Å². The van der Waals surface area contributed by atoms with Gasteiger partial charge in [0.1, 0.15) is 0 Å². The molecule has 0 aliphatic carbocycles. The van der Waals surface area contributed by atoms with Crippen molar-refractivity contribution in [2.45, 2.75) is 39.3 Å². The minimum atomic E-state index is -0.00615. The van der Waals surface area contributed by atoms with Crippen molar-refractivity contribution in [3.63, 3.8) is 0 Å². The number of nitrogens with zero attached hydrogens (tertiary/aromatic N) is 2. The Hall–Kier alpha value is -1.30. The molecule has 0 amide bonds. The van der Waals surface area contributed by atoms with Gasteiger partial charge in [-0.2, -0.15) is 0 Å². The van der Waals surface area contributed by atoms with E-state index < -0.39 is 0 Å². The second kappa shape index (κ2) is 9.25. The Kier molecular flexibility index (Phi) is 7.34. The molecule has 0 saturated carbocycles. The van der Waals surface area contributed by atoms with Crippen LogP contribution in [0.3, 0.4) is 0 Å². The van der Waals surface area contributed by atoms with Crippen LogP contribution in [0.2, 0.25) is 0 Å². The Morgan fingerprint density at radius 1 is 1.25 bits per heavy atom. The molecule has 1 aromatic rings. The summed E-state index contributed by atoms with van der Waals surface area (Å²) in [5.74, 6) is 1.48. The summed E-state index contributed by atoms with van der Waals surface area (Å²) in [6, 6.07) is 6.39. The zero-order valence-corrected chi connectivity index (χ0v) is 15.5. The maximum absolute atomic E-state index is 10.0. The first kappa shape index (κ1) is 19.0. The van der Waals surface area contributed by atoms with E-state index in [0.717, 1.165) is 43.2 Å². The van der Waals surface area contributed by atoms with E-state index in [0.29, 0.717) is 12.6 Å². The zero-order chi connectivity index (χ0) is 17.5. The summed E-state index contributed by atoms with van der Waals surface area (Å²) in [7, 11) is 1.65. The summed E-state index contributed by atoms with van der Waals surface area (Å²) in [5, 5.41) is 10.0. The number of benzene rings is 1.